The first kappa shape index (κ1) is 14.1. The predicted molar refractivity (Wildman–Crippen MR) is 68.8 cm³/mol. The molecule has 1 aliphatic heterocycles. The molecule has 1 amide bonds. The van der Waals surface area contributed by atoms with E-state index in [1.807, 2.05) is 0 Å². The third-order valence-corrected chi connectivity index (χ3v) is 3.15. The highest BCUT2D eigenvalue weighted by molar-refractivity contribution is 5.87. The molecule has 1 saturated heterocycles. The summed E-state index contributed by atoms with van der Waals surface area (Å²) in [5, 5.41) is 8.77. The van der Waals surface area contributed by atoms with Gasteiger partial charge in [0.15, 0.2) is 0 Å². The van der Waals surface area contributed by atoms with Crippen LogP contribution in [0.2, 0.25) is 0 Å². The van der Waals surface area contributed by atoms with Gasteiger partial charge in [0, 0.05) is 38.2 Å². The maximum atomic E-state index is 11.3. The molecule has 0 radical (unpaired) electrons. The van der Waals surface area contributed by atoms with Crippen LogP contribution < -0.4 is 4.74 Å². The zero-order valence-electron chi connectivity index (χ0n) is 11.1. The Morgan fingerprint density at radius 1 is 1.35 bits per heavy atom. The quantitative estimate of drug-likeness (QED) is 0.900. The number of aromatic nitrogens is 1. The fourth-order valence-corrected chi connectivity index (χ4v) is 2.03. The van der Waals surface area contributed by atoms with E-state index in [0.717, 1.165) is 0 Å². The molecule has 1 aliphatic rings. The second-order valence-corrected chi connectivity index (χ2v) is 4.46. The normalized spacial score (nSPS) is 15.8. The van der Waals surface area contributed by atoms with Gasteiger partial charge in [0.05, 0.1) is 12.7 Å². The summed E-state index contributed by atoms with van der Waals surface area (Å²) in [7, 11) is 1.36. The smallest absolute Gasteiger partial charge is 0.409 e. The Labute approximate surface area is 116 Å². The third-order valence-electron chi connectivity index (χ3n) is 3.15. The lowest BCUT2D eigenvalue weighted by Crippen LogP contribution is -2.41. The van der Waals surface area contributed by atoms with Gasteiger partial charge in [-0.1, -0.05) is 0 Å². The number of amides is 1. The highest BCUT2D eigenvalue weighted by Crippen LogP contribution is 2.18. The number of piperidine rings is 1. The number of carboxylic acids is 1. The summed E-state index contributed by atoms with van der Waals surface area (Å²) in [4.78, 5) is 27.6. The number of ether oxygens (including phenoxy) is 2. The van der Waals surface area contributed by atoms with Gasteiger partial charge in [-0.2, -0.15) is 0 Å². The lowest BCUT2D eigenvalue weighted by Gasteiger charge is -2.30. The minimum absolute atomic E-state index is 0.0286. The molecule has 0 aliphatic carbocycles. The molecule has 1 fully saturated rings. The van der Waals surface area contributed by atoms with Crippen LogP contribution in [-0.2, 0) is 4.74 Å². The molecule has 1 N–H and O–H groups in total. The van der Waals surface area contributed by atoms with E-state index in [9.17, 15) is 9.59 Å². The van der Waals surface area contributed by atoms with Crippen molar-refractivity contribution < 1.29 is 24.2 Å². The van der Waals surface area contributed by atoms with Gasteiger partial charge in [-0.25, -0.2) is 14.6 Å². The number of rotatable bonds is 3. The minimum Gasteiger partial charge on any atom is -0.478 e. The highest BCUT2D eigenvalue weighted by atomic mass is 16.5. The second kappa shape index (κ2) is 6.23. The van der Waals surface area contributed by atoms with Gasteiger partial charge in [0.25, 0.3) is 0 Å². The van der Waals surface area contributed by atoms with Crippen molar-refractivity contribution in [1.29, 1.82) is 0 Å². The summed E-state index contributed by atoms with van der Waals surface area (Å²) >= 11 is 0. The van der Waals surface area contributed by atoms with Crippen LogP contribution in [0.5, 0.6) is 5.88 Å². The monoisotopic (exact) mass is 280 g/mol. The van der Waals surface area contributed by atoms with Crippen molar-refractivity contribution in [3.05, 3.63) is 23.9 Å². The number of carbonyl (C=O) groups excluding carboxylic acids is 1. The van der Waals surface area contributed by atoms with E-state index in [-0.39, 0.29) is 17.8 Å². The summed E-state index contributed by atoms with van der Waals surface area (Å²) in [6.07, 6.45) is 2.29. The number of carboxylic acid groups (broad SMARTS) is 1. The molecule has 1 aromatic heterocycles. The van der Waals surface area contributed by atoms with Crippen molar-refractivity contribution in [2.45, 2.75) is 18.9 Å². The number of pyridine rings is 1. The molecular formula is C13H16N2O5. The van der Waals surface area contributed by atoms with Crippen molar-refractivity contribution in [2.75, 3.05) is 20.2 Å². The largest absolute Gasteiger partial charge is 0.478 e. The van der Waals surface area contributed by atoms with E-state index in [2.05, 4.69) is 9.72 Å². The summed E-state index contributed by atoms with van der Waals surface area (Å²) < 4.78 is 10.3. The van der Waals surface area contributed by atoms with E-state index in [1.54, 1.807) is 4.90 Å². The Bertz CT molecular complexity index is 480. The Hall–Kier alpha value is -2.31. The minimum atomic E-state index is -1.02. The van der Waals surface area contributed by atoms with Crippen LogP contribution >= 0.6 is 0 Å². The van der Waals surface area contributed by atoms with Crippen LogP contribution in [0, 0.1) is 0 Å². The Balaban J connectivity index is 1.86. The van der Waals surface area contributed by atoms with Crippen LogP contribution in [0.25, 0.3) is 0 Å². The first-order chi connectivity index (χ1) is 9.60. The number of aromatic carboxylic acids is 1. The van der Waals surface area contributed by atoms with Crippen molar-refractivity contribution in [3.63, 3.8) is 0 Å². The zero-order valence-corrected chi connectivity index (χ0v) is 11.1. The van der Waals surface area contributed by atoms with Gasteiger partial charge in [0.2, 0.25) is 5.88 Å². The Morgan fingerprint density at radius 3 is 2.55 bits per heavy atom. The third kappa shape index (κ3) is 3.37. The fourth-order valence-electron chi connectivity index (χ4n) is 2.03. The van der Waals surface area contributed by atoms with Gasteiger partial charge < -0.3 is 19.5 Å². The van der Waals surface area contributed by atoms with Gasteiger partial charge in [0.1, 0.15) is 6.10 Å². The van der Waals surface area contributed by atoms with Crippen molar-refractivity contribution >= 4 is 12.1 Å². The number of hydrogen-bond acceptors (Lipinski definition) is 5. The van der Waals surface area contributed by atoms with E-state index >= 15 is 0 Å². The van der Waals surface area contributed by atoms with Gasteiger partial charge in [-0.05, 0) is 6.07 Å². The number of nitrogens with zero attached hydrogens (tertiary/aromatic N) is 2. The van der Waals surface area contributed by atoms with E-state index in [0.29, 0.717) is 31.8 Å². The molecule has 7 nitrogen and oxygen atoms in total. The summed E-state index contributed by atoms with van der Waals surface area (Å²) in [5.41, 5.74) is 0.123. The van der Waals surface area contributed by atoms with Gasteiger partial charge in [-0.3, -0.25) is 0 Å². The number of hydrogen-bond donors (Lipinski definition) is 1. The maximum absolute atomic E-state index is 11.3. The molecule has 1 aromatic rings. The van der Waals surface area contributed by atoms with Crippen molar-refractivity contribution in [1.82, 2.24) is 9.88 Å². The molecule has 0 atom stereocenters. The summed E-state index contributed by atoms with van der Waals surface area (Å²) in [5.74, 6) is -0.623. The zero-order chi connectivity index (χ0) is 14.5. The average molecular weight is 280 g/mol. The molecular weight excluding hydrogens is 264 g/mol. The van der Waals surface area contributed by atoms with Crippen molar-refractivity contribution in [3.8, 4) is 5.88 Å². The molecule has 0 unspecified atom stereocenters. The van der Waals surface area contributed by atoms with E-state index < -0.39 is 5.97 Å². The Kier molecular flexibility index (Phi) is 4.39. The molecule has 0 aromatic carbocycles. The van der Waals surface area contributed by atoms with Gasteiger partial charge >= 0.3 is 12.1 Å². The molecule has 108 valence electrons. The first-order valence-electron chi connectivity index (χ1n) is 6.29. The number of methoxy groups -OCH3 is 1. The number of carbonyl (C=O) groups is 2. The predicted octanol–water partition coefficient (Wildman–Crippen LogP) is 1.39. The summed E-state index contributed by atoms with van der Waals surface area (Å²) in [6.45, 7) is 1.15. The van der Waals surface area contributed by atoms with Gasteiger partial charge in [-0.15, -0.1) is 0 Å². The molecule has 0 saturated carbocycles. The van der Waals surface area contributed by atoms with Crippen LogP contribution in [0.1, 0.15) is 23.2 Å². The second-order valence-electron chi connectivity index (χ2n) is 4.46. The molecule has 2 heterocycles. The van der Waals surface area contributed by atoms with E-state index in [4.69, 9.17) is 9.84 Å². The highest BCUT2D eigenvalue weighted by Gasteiger charge is 2.24. The molecule has 2 rings (SSSR count). The lowest BCUT2D eigenvalue weighted by atomic mass is 10.1. The number of likely N-dealkylation sites (tertiary alicyclic amines) is 1. The first-order valence-corrected chi connectivity index (χ1v) is 6.29. The molecule has 0 bridgehead atoms. The summed E-state index contributed by atoms with van der Waals surface area (Å²) in [6, 6.07) is 2.99. The molecule has 7 heteroatoms. The Morgan fingerprint density at radius 2 is 2.05 bits per heavy atom. The van der Waals surface area contributed by atoms with Crippen LogP contribution in [0.15, 0.2) is 18.3 Å². The average Bonchev–Trinajstić information content (AvgIpc) is 2.48. The molecule has 20 heavy (non-hydrogen) atoms. The maximum Gasteiger partial charge on any atom is 0.409 e. The van der Waals surface area contributed by atoms with Crippen LogP contribution in [0.4, 0.5) is 4.79 Å². The SMILES string of the molecule is COC(=O)N1CCC(Oc2ccc(C(=O)O)cn2)CC1. The topological polar surface area (TPSA) is 89.0 Å². The lowest BCUT2D eigenvalue weighted by molar-refractivity contribution is 0.0696. The van der Waals surface area contributed by atoms with Crippen molar-refractivity contribution in [2.24, 2.45) is 0 Å². The van der Waals surface area contributed by atoms with E-state index in [1.165, 1.54) is 25.4 Å². The van der Waals surface area contributed by atoms with Crippen LogP contribution in [-0.4, -0.2) is 53.4 Å². The molecule has 0 spiro atoms. The standard InChI is InChI=1S/C13H16N2O5/c1-19-13(18)15-6-4-10(5-7-15)20-11-3-2-9(8-14-11)12(16)17/h2-3,8,10H,4-7H2,1H3,(H,16,17). The fraction of sp³-hybridized carbons (Fsp3) is 0.462. The van der Waals surface area contributed by atoms with Crippen LogP contribution in [0.3, 0.4) is 0 Å².